The van der Waals surface area contributed by atoms with Crippen molar-refractivity contribution in [3.05, 3.63) is 30.1 Å². The Morgan fingerprint density at radius 3 is 2.46 bits per heavy atom. The Morgan fingerprint density at radius 2 is 1.92 bits per heavy atom. The third-order valence-corrected chi connectivity index (χ3v) is 2.22. The van der Waals surface area contributed by atoms with Crippen LogP contribution < -0.4 is 5.32 Å². The Balaban J connectivity index is 2.64. The maximum atomic E-state index is 12.8. The van der Waals surface area contributed by atoms with Crippen LogP contribution in [0, 0.1) is 11.7 Å². The van der Waals surface area contributed by atoms with Gasteiger partial charge in [-0.05, 0) is 31.0 Å². The largest absolute Gasteiger partial charge is 0.382 e. The van der Waals surface area contributed by atoms with Gasteiger partial charge in [-0.15, -0.1) is 0 Å². The molecule has 1 rings (SSSR count). The first kappa shape index (κ1) is 10.0. The molecule has 13 heavy (non-hydrogen) atoms. The summed E-state index contributed by atoms with van der Waals surface area (Å²) in [6, 6.07) is 6.92. The highest BCUT2D eigenvalue weighted by atomic mass is 19.1. The number of rotatable bonds is 3. The van der Waals surface area contributed by atoms with Crippen LogP contribution in [0.2, 0.25) is 0 Å². The molecule has 0 fully saturated rings. The summed E-state index contributed by atoms with van der Waals surface area (Å²) in [5.41, 5.74) is 0.848. The predicted molar refractivity (Wildman–Crippen MR) is 54.3 cm³/mol. The van der Waals surface area contributed by atoms with E-state index in [1.807, 2.05) is 6.07 Å². The van der Waals surface area contributed by atoms with Gasteiger partial charge in [0.25, 0.3) is 0 Å². The van der Waals surface area contributed by atoms with E-state index in [2.05, 4.69) is 26.1 Å². The van der Waals surface area contributed by atoms with Crippen LogP contribution in [0.4, 0.5) is 10.1 Å². The van der Waals surface area contributed by atoms with E-state index in [4.69, 9.17) is 0 Å². The number of anilines is 1. The third kappa shape index (κ3) is 3.05. The van der Waals surface area contributed by atoms with Crippen LogP contribution in [0.1, 0.15) is 20.8 Å². The summed E-state index contributed by atoms with van der Waals surface area (Å²) in [5, 5.41) is 3.24. The molecule has 0 heterocycles. The molecule has 0 unspecified atom stereocenters. The van der Waals surface area contributed by atoms with Crippen LogP contribution in [0.3, 0.4) is 0 Å². The molecular weight excluding hydrogens is 165 g/mol. The molecule has 1 aromatic rings. The summed E-state index contributed by atoms with van der Waals surface area (Å²) in [4.78, 5) is 0. The van der Waals surface area contributed by atoms with E-state index in [9.17, 15) is 4.39 Å². The van der Waals surface area contributed by atoms with E-state index >= 15 is 0 Å². The number of benzene rings is 1. The normalized spacial score (nSPS) is 13.0. The van der Waals surface area contributed by atoms with Gasteiger partial charge < -0.3 is 5.32 Å². The average Bonchev–Trinajstić information content (AvgIpc) is 2.04. The minimum Gasteiger partial charge on any atom is -0.382 e. The Kier molecular flexibility index (Phi) is 3.29. The molecular formula is C11H16FN. The van der Waals surface area contributed by atoms with Gasteiger partial charge in [-0.25, -0.2) is 4.39 Å². The maximum Gasteiger partial charge on any atom is 0.125 e. The molecule has 1 nitrogen and oxygen atoms in total. The summed E-state index contributed by atoms with van der Waals surface area (Å²) in [6.45, 7) is 6.36. The van der Waals surface area contributed by atoms with Gasteiger partial charge in [0.15, 0.2) is 0 Å². The summed E-state index contributed by atoms with van der Waals surface area (Å²) in [5.74, 6) is 0.351. The Bertz CT molecular complexity index is 271. The van der Waals surface area contributed by atoms with E-state index < -0.39 is 0 Å². The topological polar surface area (TPSA) is 12.0 Å². The van der Waals surface area contributed by atoms with Crippen LogP contribution in [-0.4, -0.2) is 6.04 Å². The van der Waals surface area contributed by atoms with Crippen molar-refractivity contribution in [3.8, 4) is 0 Å². The van der Waals surface area contributed by atoms with Gasteiger partial charge in [-0.1, -0.05) is 19.9 Å². The molecule has 0 aliphatic carbocycles. The quantitative estimate of drug-likeness (QED) is 0.754. The van der Waals surface area contributed by atoms with Crippen molar-refractivity contribution in [1.82, 2.24) is 0 Å². The summed E-state index contributed by atoms with van der Waals surface area (Å²) in [6.07, 6.45) is 0. The Hall–Kier alpha value is -1.05. The van der Waals surface area contributed by atoms with Crippen molar-refractivity contribution < 1.29 is 4.39 Å². The van der Waals surface area contributed by atoms with Gasteiger partial charge in [0.2, 0.25) is 0 Å². The number of nitrogens with one attached hydrogen (secondary N) is 1. The van der Waals surface area contributed by atoms with Crippen molar-refractivity contribution >= 4 is 5.69 Å². The molecule has 0 aromatic heterocycles. The van der Waals surface area contributed by atoms with Gasteiger partial charge in [0, 0.05) is 11.7 Å². The van der Waals surface area contributed by atoms with E-state index in [0.717, 1.165) is 5.69 Å². The molecule has 0 spiro atoms. The van der Waals surface area contributed by atoms with Crippen molar-refractivity contribution in [2.24, 2.45) is 5.92 Å². The van der Waals surface area contributed by atoms with Crippen molar-refractivity contribution in [1.29, 1.82) is 0 Å². The number of hydrogen-bond acceptors (Lipinski definition) is 1. The zero-order valence-corrected chi connectivity index (χ0v) is 8.34. The lowest BCUT2D eigenvalue weighted by molar-refractivity contribution is 0.559. The molecule has 0 saturated heterocycles. The molecule has 0 radical (unpaired) electrons. The number of halogens is 1. The molecule has 1 aromatic carbocycles. The van der Waals surface area contributed by atoms with Crippen LogP contribution in [-0.2, 0) is 0 Å². The van der Waals surface area contributed by atoms with E-state index in [-0.39, 0.29) is 5.82 Å². The van der Waals surface area contributed by atoms with Gasteiger partial charge in [-0.3, -0.25) is 0 Å². The fourth-order valence-electron chi connectivity index (χ4n) is 1.01. The SMILES string of the molecule is CC(C)[C@@H](C)Nc1cccc(F)c1. The first-order valence-electron chi connectivity index (χ1n) is 4.61. The average molecular weight is 181 g/mol. The molecule has 0 saturated carbocycles. The van der Waals surface area contributed by atoms with Crippen LogP contribution in [0.5, 0.6) is 0 Å². The third-order valence-electron chi connectivity index (χ3n) is 2.22. The van der Waals surface area contributed by atoms with E-state index in [1.165, 1.54) is 12.1 Å². The van der Waals surface area contributed by atoms with Gasteiger partial charge in [0.05, 0.1) is 0 Å². The second kappa shape index (κ2) is 4.26. The van der Waals surface area contributed by atoms with Crippen molar-refractivity contribution in [3.63, 3.8) is 0 Å². The second-order valence-electron chi connectivity index (χ2n) is 3.69. The predicted octanol–water partition coefficient (Wildman–Crippen LogP) is 3.28. The summed E-state index contributed by atoms with van der Waals surface area (Å²) >= 11 is 0. The van der Waals surface area contributed by atoms with E-state index in [0.29, 0.717) is 12.0 Å². The fourth-order valence-corrected chi connectivity index (χ4v) is 1.01. The van der Waals surface area contributed by atoms with Crippen molar-refractivity contribution in [2.75, 3.05) is 5.32 Å². The number of hydrogen-bond donors (Lipinski definition) is 1. The fraction of sp³-hybridized carbons (Fsp3) is 0.455. The Morgan fingerprint density at radius 1 is 1.23 bits per heavy atom. The highest BCUT2D eigenvalue weighted by Gasteiger charge is 2.06. The van der Waals surface area contributed by atoms with E-state index in [1.54, 1.807) is 6.07 Å². The summed E-state index contributed by atoms with van der Waals surface area (Å²) in [7, 11) is 0. The molecule has 2 heteroatoms. The molecule has 1 atom stereocenters. The van der Waals surface area contributed by atoms with Crippen LogP contribution in [0.25, 0.3) is 0 Å². The van der Waals surface area contributed by atoms with Gasteiger partial charge in [-0.2, -0.15) is 0 Å². The summed E-state index contributed by atoms with van der Waals surface area (Å²) < 4.78 is 12.8. The maximum absolute atomic E-state index is 12.8. The molecule has 72 valence electrons. The standard InChI is InChI=1S/C11H16FN/c1-8(2)9(3)13-11-6-4-5-10(12)7-11/h4-9,13H,1-3H3/t9-/m1/s1. The van der Waals surface area contributed by atoms with Crippen LogP contribution in [0.15, 0.2) is 24.3 Å². The minimum atomic E-state index is -0.194. The second-order valence-corrected chi connectivity index (χ2v) is 3.69. The molecule has 1 N–H and O–H groups in total. The smallest absolute Gasteiger partial charge is 0.125 e. The lowest BCUT2D eigenvalue weighted by Gasteiger charge is -2.18. The first-order valence-corrected chi connectivity index (χ1v) is 4.61. The lowest BCUT2D eigenvalue weighted by Crippen LogP contribution is -2.21. The lowest BCUT2D eigenvalue weighted by atomic mass is 10.1. The zero-order chi connectivity index (χ0) is 9.84. The molecule has 0 aliphatic rings. The van der Waals surface area contributed by atoms with Gasteiger partial charge in [0.1, 0.15) is 5.82 Å². The van der Waals surface area contributed by atoms with Crippen molar-refractivity contribution in [2.45, 2.75) is 26.8 Å². The highest BCUT2D eigenvalue weighted by Crippen LogP contribution is 2.13. The van der Waals surface area contributed by atoms with Gasteiger partial charge >= 0.3 is 0 Å². The molecule has 0 bridgehead atoms. The first-order chi connectivity index (χ1) is 6.09. The Labute approximate surface area is 79.0 Å². The monoisotopic (exact) mass is 181 g/mol. The molecule has 0 amide bonds. The highest BCUT2D eigenvalue weighted by molar-refractivity contribution is 5.43. The minimum absolute atomic E-state index is 0.194. The zero-order valence-electron chi connectivity index (χ0n) is 8.34. The van der Waals surface area contributed by atoms with Crippen LogP contribution >= 0.6 is 0 Å². The molecule has 0 aliphatic heterocycles.